The molecule has 0 aliphatic carbocycles. The van der Waals surface area contributed by atoms with Gasteiger partial charge in [-0.05, 0) is 12.3 Å². The highest BCUT2D eigenvalue weighted by Crippen LogP contribution is 2.21. The first kappa shape index (κ1) is 22.2. The Bertz CT molecular complexity index is 967. The maximum Gasteiger partial charge on any atom is 0.328 e. The number of thioether (sulfide) groups is 1. The lowest BCUT2D eigenvalue weighted by atomic mass is 10.0. The molecule has 8 nitrogen and oxygen atoms in total. The van der Waals surface area contributed by atoms with E-state index in [-0.39, 0.29) is 34.0 Å². The molecule has 2 aromatic rings. The molecule has 0 bridgehead atoms. The van der Waals surface area contributed by atoms with Crippen molar-refractivity contribution < 1.29 is 14.3 Å². The number of hydrogen-bond acceptors (Lipinski definition) is 7. The number of aromatic nitrogens is 2. The second-order valence-corrected chi connectivity index (χ2v) is 7.60. The minimum Gasteiger partial charge on any atom is -0.467 e. The van der Waals surface area contributed by atoms with E-state index in [2.05, 4.69) is 15.3 Å². The third kappa shape index (κ3) is 6.19. The molecule has 2 N–H and O–H groups in total. The van der Waals surface area contributed by atoms with E-state index >= 15 is 0 Å². The van der Waals surface area contributed by atoms with E-state index in [9.17, 15) is 19.6 Å². The van der Waals surface area contributed by atoms with Crippen LogP contribution in [0.2, 0.25) is 0 Å². The zero-order valence-electron chi connectivity index (χ0n) is 16.4. The van der Waals surface area contributed by atoms with E-state index in [4.69, 9.17) is 4.74 Å². The monoisotopic (exact) mass is 414 g/mol. The number of H-pyrrole nitrogens is 1. The van der Waals surface area contributed by atoms with Crippen molar-refractivity contribution in [3.8, 4) is 17.3 Å². The highest BCUT2D eigenvalue weighted by molar-refractivity contribution is 7.99. The molecule has 0 aliphatic rings. The van der Waals surface area contributed by atoms with Gasteiger partial charge in [-0.3, -0.25) is 9.59 Å². The fourth-order valence-electron chi connectivity index (χ4n) is 2.63. The molecule has 1 amide bonds. The van der Waals surface area contributed by atoms with Crippen molar-refractivity contribution in [2.24, 2.45) is 5.92 Å². The predicted molar refractivity (Wildman–Crippen MR) is 109 cm³/mol. The van der Waals surface area contributed by atoms with Gasteiger partial charge in [0.25, 0.3) is 5.56 Å². The fourth-order valence-corrected chi connectivity index (χ4v) is 3.30. The number of nitriles is 1. The first-order chi connectivity index (χ1) is 13.8. The van der Waals surface area contributed by atoms with Gasteiger partial charge in [0, 0.05) is 5.56 Å². The normalized spacial score (nSPS) is 11.6. The lowest BCUT2D eigenvalue weighted by molar-refractivity contribution is -0.145. The average molecular weight is 414 g/mol. The van der Waals surface area contributed by atoms with Gasteiger partial charge in [-0.2, -0.15) is 5.26 Å². The maximum absolute atomic E-state index is 12.3. The maximum atomic E-state index is 12.3. The molecular weight excluding hydrogens is 392 g/mol. The van der Waals surface area contributed by atoms with Crippen LogP contribution in [0.1, 0.15) is 25.8 Å². The number of carbonyl (C=O) groups is 2. The van der Waals surface area contributed by atoms with Crippen molar-refractivity contribution in [1.29, 1.82) is 5.26 Å². The number of benzene rings is 1. The first-order valence-electron chi connectivity index (χ1n) is 8.95. The summed E-state index contributed by atoms with van der Waals surface area (Å²) in [7, 11) is 1.27. The van der Waals surface area contributed by atoms with E-state index in [1.165, 1.54) is 7.11 Å². The van der Waals surface area contributed by atoms with Crippen LogP contribution in [0.3, 0.4) is 0 Å². The van der Waals surface area contributed by atoms with E-state index in [0.717, 1.165) is 11.8 Å². The molecule has 1 heterocycles. The van der Waals surface area contributed by atoms with Crippen molar-refractivity contribution in [1.82, 2.24) is 15.3 Å². The van der Waals surface area contributed by atoms with Crippen molar-refractivity contribution >= 4 is 23.6 Å². The molecule has 0 spiro atoms. The smallest absolute Gasteiger partial charge is 0.328 e. The topological polar surface area (TPSA) is 125 Å². The number of aromatic amines is 1. The second kappa shape index (κ2) is 10.4. The summed E-state index contributed by atoms with van der Waals surface area (Å²) in [6.07, 6.45) is 0.452. The highest BCUT2D eigenvalue weighted by atomic mass is 32.2. The summed E-state index contributed by atoms with van der Waals surface area (Å²) in [6, 6.07) is 10.0. The van der Waals surface area contributed by atoms with E-state index < -0.39 is 17.6 Å². The average Bonchev–Trinajstić information content (AvgIpc) is 2.71. The zero-order valence-corrected chi connectivity index (χ0v) is 17.2. The Balaban J connectivity index is 2.15. The van der Waals surface area contributed by atoms with E-state index in [0.29, 0.717) is 12.0 Å². The number of methoxy groups -OCH3 is 1. The standard InChI is InChI=1S/C20H22N4O4S/c1-12(2)9-15(19(27)28-3)22-16(25)11-29-20-23-17(13-7-5-4-6-8-13)14(10-21)18(26)24-20/h4-8,12,15H,9,11H2,1-3H3,(H,22,25)(H,23,24,26)/t15-/m0/s1. The van der Waals surface area contributed by atoms with Gasteiger partial charge in [-0.1, -0.05) is 55.9 Å². The molecule has 0 saturated carbocycles. The first-order valence-corrected chi connectivity index (χ1v) is 9.94. The molecule has 1 aromatic heterocycles. The molecular formula is C20H22N4O4S. The highest BCUT2D eigenvalue weighted by Gasteiger charge is 2.23. The summed E-state index contributed by atoms with van der Waals surface area (Å²) in [5, 5.41) is 12.1. The number of carbonyl (C=O) groups excluding carboxylic acids is 2. The number of esters is 1. The van der Waals surface area contributed by atoms with Crippen LogP contribution in [0, 0.1) is 17.2 Å². The molecule has 152 valence electrons. The Morgan fingerprint density at radius 2 is 2.00 bits per heavy atom. The molecule has 1 atom stereocenters. The van der Waals surface area contributed by atoms with Crippen molar-refractivity contribution in [3.63, 3.8) is 0 Å². The lowest BCUT2D eigenvalue weighted by Gasteiger charge is -2.18. The Morgan fingerprint density at radius 3 is 2.59 bits per heavy atom. The van der Waals surface area contributed by atoms with Crippen LogP contribution in [0.5, 0.6) is 0 Å². The van der Waals surface area contributed by atoms with Crippen LogP contribution in [-0.4, -0.2) is 40.7 Å². The van der Waals surface area contributed by atoms with Crippen LogP contribution in [-0.2, 0) is 14.3 Å². The van der Waals surface area contributed by atoms with Gasteiger partial charge < -0.3 is 15.0 Å². The lowest BCUT2D eigenvalue weighted by Crippen LogP contribution is -2.43. The van der Waals surface area contributed by atoms with Crippen LogP contribution < -0.4 is 10.9 Å². The van der Waals surface area contributed by atoms with Gasteiger partial charge in [0.05, 0.1) is 18.6 Å². The predicted octanol–water partition coefficient (Wildman–Crippen LogP) is 2.10. The number of rotatable bonds is 8. The summed E-state index contributed by atoms with van der Waals surface area (Å²) in [6.45, 7) is 3.88. The van der Waals surface area contributed by atoms with Crippen LogP contribution in [0.15, 0.2) is 40.3 Å². The number of nitrogens with zero attached hydrogens (tertiary/aromatic N) is 2. The Labute approximate surface area is 172 Å². The molecule has 0 fully saturated rings. The summed E-state index contributed by atoms with van der Waals surface area (Å²) >= 11 is 1.01. The van der Waals surface area contributed by atoms with Gasteiger partial charge in [0.15, 0.2) is 5.16 Å². The minimum absolute atomic E-state index is 0.0609. The third-order valence-corrected chi connectivity index (χ3v) is 4.80. The molecule has 0 saturated heterocycles. The molecule has 1 aromatic carbocycles. The quantitative estimate of drug-likeness (QED) is 0.385. The zero-order chi connectivity index (χ0) is 21.4. The molecule has 0 aliphatic heterocycles. The van der Waals surface area contributed by atoms with Gasteiger partial charge >= 0.3 is 5.97 Å². The Morgan fingerprint density at radius 1 is 1.31 bits per heavy atom. The van der Waals surface area contributed by atoms with Crippen LogP contribution >= 0.6 is 11.8 Å². The van der Waals surface area contributed by atoms with Crippen LogP contribution in [0.25, 0.3) is 11.3 Å². The summed E-state index contributed by atoms with van der Waals surface area (Å²) in [5.74, 6) is -0.765. The van der Waals surface area contributed by atoms with Crippen molar-refractivity contribution in [3.05, 3.63) is 46.2 Å². The van der Waals surface area contributed by atoms with E-state index in [1.807, 2.05) is 26.0 Å². The minimum atomic E-state index is -0.735. The van der Waals surface area contributed by atoms with E-state index in [1.54, 1.807) is 24.3 Å². The number of nitrogens with one attached hydrogen (secondary N) is 2. The van der Waals surface area contributed by atoms with Crippen LogP contribution in [0.4, 0.5) is 0 Å². The molecule has 9 heteroatoms. The second-order valence-electron chi connectivity index (χ2n) is 6.63. The van der Waals surface area contributed by atoms with Crippen molar-refractivity contribution in [2.75, 3.05) is 12.9 Å². The number of hydrogen-bond donors (Lipinski definition) is 2. The SMILES string of the molecule is COC(=O)[C@H](CC(C)C)NC(=O)CSc1nc(-c2ccccc2)c(C#N)c(=O)[nH]1. The van der Waals surface area contributed by atoms with Gasteiger partial charge in [-0.25, -0.2) is 9.78 Å². The van der Waals surface area contributed by atoms with Gasteiger partial charge in [0.2, 0.25) is 5.91 Å². The Kier molecular flexibility index (Phi) is 7.98. The largest absolute Gasteiger partial charge is 0.467 e. The molecule has 0 radical (unpaired) electrons. The molecule has 2 rings (SSSR count). The fraction of sp³-hybridized carbons (Fsp3) is 0.350. The number of amides is 1. The summed E-state index contributed by atoms with van der Waals surface area (Å²) < 4.78 is 4.73. The summed E-state index contributed by atoms with van der Waals surface area (Å²) in [4.78, 5) is 43.2. The molecule has 29 heavy (non-hydrogen) atoms. The van der Waals surface area contributed by atoms with Gasteiger partial charge in [0.1, 0.15) is 17.7 Å². The third-order valence-electron chi connectivity index (χ3n) is 3.92. The number of ether oxygens (including phenoxy) is 1. The van der Waals surface area contributed by atoms with Gasteiger partial charge in [-0.15, -0.1) is 0 Å². The Hall–Kier alpha value is -3.12. The van der Waals surface area contributed by atoms with Crippen molar-refractivity contribution in [2.45, 2.75) is 31.5 Å². The molecule has 0 unspecified atom stereocenters. The summed E-state index contributed by atoms with van der Waals surface area (Å²) in [5.41, 5.74) is 0.223.